The van der Waals surface area contributed by atoms with Gasteiger partial charge in [0.25, 0.3) is 0 Å². The average molecular weight is 214 g/mol. The van der Waals surface area contributed by atoms with Crippen molar-refractivity contribution in [3.8, 4) is 0 Å². The van der Waals surface area contributed by atoms with E-state index in [2.05, 4.69) is 31.4 Å². The molecule has 0 bridgehead atoms. The molecule has 0 aromatic rings. The number of morpholine rings is 1. The molecular formula is C11H22N2O2. The Morgan fingerprint density at radius 1 is 1.60 bits per heavy atom. The minimum Gasteiger partial charge on any atom is -0.378 e. The second kappa shape index (κ2) is 6.08. The van der Waals surface area contributed by atoms with Gasteiger partial charge in [-0.05, 0) is 12.8 Å². The fourth-order valence-corrected chi connectivity index (χ4v) is 1.55. The molecule has 1 rings (SSSR count). The lowest BCUT2D eigenvalue weighted by atomic mass is 10.0. The number of nitrogens with one attached hydrogen (secondary N) is 2. The van der Waals surface area contributed by atoms with Gasteiger partial charge in [-0.1, -0.05) is 20.3 Å². The zero-order valence-electron chi connectivity index (χ0n) is 9.88. The smallest absolute Gasteiger partial charge is 0.239 e. The molecule has 88 valence electrons. The third-order valence-corrected chi connectivity index (χ3v) is 3.11. The summed E-state index contributed by atoms with van der Waals surface area (Å²) in [5, 5.41) is 6.16. The lowest BCUT2D eigenvalue weighted by molar-refractivity contribution is -0.126. The maximum Gasteiger partial charge on any atom is 0.239 e. The van der Waals surface area contributed by atoms with Gasteiger partial charge >= 0.3 is 0 Å². The molecule has 0 spiro atoms. The molecule has 2 N–H and O–H groups in total. The Labute approximate surface area is 91.8 Å². The van der Waals surface area contributed by atoms with Gasteiger partial charge in [0.15, 0.2) is 0 Å². The van der Waals surface area contributed by atoms with E-state index in [0.717, 1.165) is 13.0 Å². The third-order valence-electron chi connectivity index (χ3n) is 3.11. The Bertz CT molecular complexity index is 203. The van der Waals surface area contributed by atoms with Crippen LogP contribution in [0.2, 0.25) is 0 Å². The first-order chi connectivity index (χ1) is 7.15. The fraction of sp³-hybridized carbons (Fsp3) is 0.909. The molecule has 1 fully saturated rings. The van der Waals surface area contributed by atoms with Crippen molar-refractivity contribution in [2.45, 2.75) is 39.3 Å². The summed E-state index contributed by atoms with van der Waals surface area (Å²) >= 11 is 0. The number of carbonyl (C=O) groups excluding carboxylic acids is 1. The lowest BCUT2D eigenvalue weighted by Gasteiger charge is -2.26. The topological polar surface area (TPSA) is 50.4 Å². The first-order valence-corrected chi connectivity index (χ1v) is 5.76. The number of amides is 1. The summed E-state index contributed by atoms with van der Waals surface area (Å²) < 4.78 is 5.25. The van der Waals surface area contributed by atoms with Crippen LogP contribution in [0.3, 0.4) is 0 Å². The van der Waals surface area contributed by atoms with Crippen LogP contribution in [0.15, 0.2) is 0 Å². The molecule has 1 amide bonds. The van der Waals surface area contributed by atoms with Crippen LogP contribution in [-0.2, 0) is 9.53 Å². The van der Waals surface area contributed by atoms with Crippen LogP contribution < -0.4 is 10.6 Å². The van der Waals surface area contributed by atoms with E-state index in [1.165, 1.54) is 0 Å². The van der Waals surface area contributed by atoms with Gasteiger partial charge in [-0.2, -0.15) is 0 Å². The Morgan fingerprint density at radius 2 is 2.33 bits per heavy atom. The average Bonchev–Trinajstić information content (AvgIpc) is 2.29. The van der Waals surface area contributed by atoms with Crippen molar-refractivity contribution in [3.63, 3.8) is 0 Å². The van der Waals surface area contributed by atoms with Gasteiger partial charge in [-0.3, -0.25) is 4.79 Å². The Balaban J connectivity index is 2.33. The van der Waals surface area contributed by atoms with Gasteiger partial charge < -0.3 is 15.4 Å². The molecule has 4 heteroatoms. The Hall–Kier alpha value is -0.610. The maximum atomic E-state index is 11.8. The predicted octanol–water partition coefficient (Wildman–Crippen LogP) is 0.526. The SMILES string of the molecule is CC[C@H](C)[C@H](C)NC(=O)[C@@H]1COCCN1. The molecule has 0 saturated carbocycles. The number of ether oxygens (including phenoxy) is 1. The quantitative estimate of drug-likeness (QED) is 0.717. The zero-order chi connectivity index (χ0) is 11.3. The predicted molar refractivity (Wildman–Crippen MR) is 59.7 cm³/mol. The van der Waals surface area contributed by atoms with Crippen LogP contribution >= 0.6 is 0 Å². The largest absolute Gasteiger partial charge is 0.378 e. The summed E-state index contributed by atoms with van der Waals surface area (Å²) in [6.07, 6.45) is 1.08. The van der Waals surface area contributed by atoms with E-state index >= 15 is 0 Å². The van der Waals surface area contributed by atoms with Crippen molar-refractivity contribution in [2.75, 3.05) is 19.8 Å². The second-order valence-electron chi connectivity index (χ2n) is 4.26. The van der Waals surface area contributed by atoms with Gasteiger partial charge in [0, 0.05) is 12.6 Å². The number of hydrogen-bond donors (Lipinski definition) is 2. The normalized spacial score (nSPS) is 25.7. The van der Waals surface area contributed by atoms with E-state index in [9.17, 15) is 4.79 Å². The van der Waals surface area contributed by atoms with Crippen LogP contribution in [0.1, 0.15) is 27.2 Å². The van der Waals surface area contributed by atoms with Crippen LogP contribution in [0.25, 0.3) is 0 Å². The van der Waals surface area contributed by atoms with E-state index in [0.29, 0.717) is 19.1 Å². The molecule has 4 nitrogen and oxygen atoms in total. The molecule has 15 heavy (non-hydrogen) atoms. The minimum atomic E-state index is -0.176. The number of carbonyl (C=O) groups is 1. The van der Waals surface area contributed by atoms with Gasteiger partial charge in [-0.25, -0.2) is 0 Å². The van der Waals surface area contributed by atoms with Crippen LogP contribution in [0.5, 0.6) is 0 Å². The molecule has 1 aliphatic heterocycles. The summed E-state index contributed by atoms with van der Waals surface area (Å²) in [5.74, 6) is 0.570. The molecule has 1 heterocycles. The monoisotopic (exact) mass is 214 g/mol. The van der Waals surface area contributed by atoms with Crippen molar-refractivity contribution in [1.82, 2.24) is 10.6 Å². The Kier molecular flexibility index (Phi) is 5.05. The van der Waals surface area contributed by atoms with E-state index in [4.69, 9.17) is 4.74 Å². The minimum absolute atomic E-state index is 0.0579. The van der Waals surface area contributed by atoms with E-state index in [1.807, 2.05) is 0 Å². The van der Waals surface area contributed by atoms with Crippen molar-refractivity contribution in [2.24, 2.45) is 5.92 Å². The molecule has 1 aliphatic rings. The first kappa shape index (κ1) is 12.5. The Morgan fingerprint density at radius 3 is 2.87 bits per heavy atom. The fourth-order valence-electron chi connectivity index (χ4n) is 1.55. The molecule has 0 radical (unpaired) electrons. The van der Waals surface area contributed by atoms with Crippen molar-refractivity contribution in [3.05, 3.63) is 0 Å². The summed E-state index contributed by atoms with van der Waals surface area (Å²) in [5.41, 5.74) is 0. The maximum absolute atomic E-state index is 11.8. The highest BCUT2D eigenvalue weighted by molar-refractivity contribution is 5.82. The summed E-state index contributed by atoms with van der Waals surface area (Å²) in [7, 11) is 0. The van der Waals surface area contributed by atoms with Gasteiger partial charge in [0.2, 0.25) is 5.91 Å². The molecule has 0 aromatic carbocycles. The zero-order valence-corrected chi connectivity index (χ0v) is 9.88. The highest BCUT2D eigenvalue weighted by Gasteiger charge is 2.23. The highest BCUT2D eigenvalue weighted by Crippen LogP contribution is 2.07. The third kappa shape index (κ3) is 3.80. The van der Waals surface area contributed by atoms with E-state index in [-0.39, 0.29) is 18.0 Å². The highest BCUT2D eigenvalue weighted by atomic mass is 16.5. The molecule has 3 atom stereocenters. The first-order valence-electron chi connectivity index (χ1n) is 5.76. The van der Waals surface area contributed by atoms with Gasteiger partial charge in [0.05, 0.1) is 13.2 Å². The standard InChI is InChI=1S/C11H22N2O2/c1-4-8(2)9(3)13-11(14)10-7-15-6-5-12-10/h8-10,12H,4-7H2,1-3H3,(H,13,14)/t8-,9-,10-/m0/s1. The van der Waals surface area contributed by atoms with Gasteiger partial charge in [-0.15, -0.1) is 0 Å². The van der Waals surface area contributed by atoms with Crippen molar-refractivity contribution < 1.29 is 9.53 Å². The molecule has 1 saturated heterocycles. The summed E-state index contributed by atoms with van der Waals surface area (Å²) in [6, 6.07) is 0.0523. The summed E-state index contributed by atoms with van der Waals surface area (Å²) in [4.78, 5) is 11.8. The van der Waals surface area contributed by atoms with Crippen LogP contribution in [0, 0.1) is 5.92 Å². The number of rotatable bonds is 4. The summed E-state index contributed by atoms with van der Waals surface area (Å²) in [6.45, 7) is 8.28. The molecule has 0 aliphatic carbocycles. The molecule has 0 aromatic heterocycles. The lowest BCUT2D eigenvalue weighted by Crippen LogP contribution is -2.53. The number of hydrogen-bond acceptors (Lipinski definition) is 3. The van der Waals surface area contributed by atoms with Crippen molar-refractivity contribution >= 4 is 5.91 Å². The van der Waals surface area contributed by atoms with Gasteiger partial charge in [0.1, 0.15) is 6.04 Å². The van der Waals surface area contributed by atoms with E-state index in [1.54, 1.807) is 0 Å². The molecule has 0 unspecified atom stereocenters. The van der Waals surface area contributed by atoms with Crippen molar-refractivity contribution in [1.29, 1.82) is 0 Å². The second-order valence-corrected chi connectivity index (χ2v) is 4.26. The van der Waals surface area contributed by atoms with Crippen LogP contribution in [0.4, 0.5) is 0 Å². The van der Waals surface area contributed by atoms with Crippen LogP contribution in [-0.4, -0.2) is 37.7 Å². The van der Waals surface area contributed by atoms with E-state index < -0.39 is 0 Å². The molecular weight excluding hydrogens is 192 g/mol.